The maximum Gasteiger partial charge on any atom is 0.171 e. The lowest BCUT2D eigenvalue weighted by molar-refractivity contribution is 0.415. The van der Waals surface area contributed by atoms with Crippen molar-refractivity contribution in [3.63, 3.8) is 0 Å². The Labute approximate surface area is 130 Å². The minimum atomic E-state index is 0.294. The van der Waals surface area contributed by atoms with Gasteiger partial charge in [0, 0.05) is 22.5 Å². The molecule has 1 aliphatic carbocycles. The van der Waals surface area contributed by atoms with Crippen LogP contribution >= 0.6 is 12.2 Å². The number of thiocarbonyl (C=S) groups is 1. The van der Waals surface area contributed by atoms with Crippen LogP contribution in [0.3, 0.4) is 0 Å². The van der Waals surface area contributed by atoms with E-state index >= 15 is 0 Å². The second kappa shape index (κ2) is 6.31. The highest BCUT2D eigenvalue weighted by molar-refractivity contribution is 7.80. The Hall–Kier alpha value is -1.81. The number of fused-ring (bicyclic) bond motifs is 1. The zero-order valence-electron chi connectivity index (χ0n) is 11.9. The molecule has 0 unspecified atom stereocenters. The number of benzene rings is 2. The van der Waals surface area contributed by atoms with E-state index in [1.807, 2.05) is 30.3 Å². The summed E-state index contributed by atoms with van der Waals surface area (Å²) in [6.07, 6.45) is 6.28. The third-order valence-electron chi connectivity index (χ3n) is 4.09. The first-order chi connectivity index (χ1) is 10.2. The molecule has 1 saturated carbocycles. The first-order valence-corrected chi connectivity index (χ1v) is 7.93. The fraction of sp³-hybridized carbons (Fsp3) is 0.353. The molecule has 2 aromatic rings. The molecule has 3 rings (SSSR count). The summed E-state index contributed by atoms with van der Waals surface area (Å²) >= 11 is 5.43. The van der Waals surface area contributed by atoms with E-state index in [1.54, 1.807) is 6.07 Å². The van der Waals surface area contributed by atoms with Crippen molar-refractivity contribution in [1.29, 1.82) is 0 Å². The Balaban J connectivity index is 1.75. The van der Waals surface area contributed by atoms with Gasteiger partial charge in [0.1, 0.15) is 5.75 Å². The molecular weight excluding hydrogens is 280 g/mol. The van der Waals surface area contributed by atoms with Gasteiger partial charge in [-0.25, -0.2) is 0 Å². The molecule has 110 valence electrons. The molecule has 21 heavy (non-hydrogen) atoms. The van der Waals surface area contributed by atoms with Crippen LogP contribution in [0.15, 0.2) is 36.4 Å². The molecule has 0 radical (unpaired) electrons. The van der Waals surface area contributed by atoms with Crippen LogP contribution in [-0.2, 0) is 0 Å². The molecule has 3 N–H and O–H groups in total. The van der Waals surface area contributed by atoms with Crippen molar-refractivity contribution in [2.45, 2.75) is 38.1 Å². The average Bonchev–Trinajstić information content (AvgIpc) is 2.49. The third kappa shape index (κ3) is 3.27. The minimum Gasteiger partial charge on any atom is -0.507 e. The van der Waals surface area contributed by atoms with Crippen LogP contribution in [0.5, 0.6) is 5.75 Å². The number of nitrogens with one attached hydrogen (secondary N) is 2. The molecule has 0 amide bonds. The Kier molecular flexibility index (Phi) is 4.25. The molecule has 4 heteroatoms. The van der Waals surface area contributed by atoms with Crippen molar-refractivity contribution >= 4 is 33.8 Å². The van der Waals surface area contributed by atoms with E-state index in [2.05, 4.69) is 10.6 Å². The molecule has 0 saturated heterocycles. The largest absolute Gasteiger partial charge is 0.507 e. The SMILES string of the molecule is Oc1cccc2c(NC(=S)NC3CCCCC3)cccc12. The summed E-state index contributed by atoms with van der Waals surface area (Å²) < 4.78 is 0. The van der Waals surface area contributed by atoms with Gasteiger partial charge in [-0.3, -0.25) is 0 Å². The van der Waals surface area contributed by atoms with Crippen LogP contribution in [0.1, 0.15) is 32.1 Å². The predicted molar refractivity (Wildman–Crippen MR) is 91.8 cm³/mol. The van der Waals surface area contributed by atoms with Gasteiger partial charge in [-0.2, -0.15) is 0 Å². The summed E-state index contributed by atoms with van der Waals surface area (Å²) in [6, 6.07) is 11.8. The molecule has 1 fully saturated rings. The Morgan fingerprint density at radius 3 is 2.52 bits per heavy atom. The van der Waals surface area contributed by atoms with Crippen LogP contribution in [0.4, 0.5) is 5.69 Å². The standard InChI is InChI=1S/C17H20N2OS/c20-16-11-5-8-13-14(16)9-4-10-15(13)19-17(21)18-12-6-2-1-3-7-12/h4-5,8-12,20H,1-3,6-7H2,(H2,18,19,21). The second-order valence-electron chi connectivity index (χ2n) is 5.61. The number of phenols is 1. The maximum atomic E-state index is 9.91. The van der Waals surface area contributed by atoms with E-state index in [0.717, 1.165) is 16.5 Å². The summed E-state index contributed by atoms with van der Waals surface area (Å²) in [7, 11) is 0. The molecule has 3 nitrogen and oxygen atoms in total. The quantitative estimate of drug-likeness (QED) is 0.729. The lowest BCUT2D eigenvalue weighted by atomic mass is 9.96. The predicted octanol–water partition coefficient (Wildman–Crippen LogP) is 4.16. The highest BCUT2D eigenvalue weighted by atomic mass is 32.1. The number of hydrogen-bond donors (Lipinski definition) is 3. The molecule has 0 aliphatic heterocycles. The van der Waals surface area contributed by atoms with Crippen molar-refractivity contribution in [3.05, 3.63) is 36.4 Å². The summed E-state index contributed by atoms with van der Waals surface area (Å²) in [5.74, 6) is 0.294. The van der Waals surface area contributed by atoms with Gasteiger partial charge in [-0.05, 0) is 37.2 Å². The number of hydrogen-bond acceptors (Lipinski definition) is 2. The summed E-state index contributed by atoms with van der Waals surface area (Å²) in [5, 5.41) is 19.1. The maximum absolute atomic E-state index is 9.91. The zero-order valence-corrected chi connectivity index (χ0v) is 12.7. The van der Waals surface area contributed by atoms with Gasteiger partial charge in [0.25, 0.3) is 0 Å². The first-order valence-electron chi connectivity index (χ1n) is 7.52. The topological polar surface area (TPSA) is 44.3 Å². The number of anilines is 1. The molecular formula is C17H20N2OS. The highest BCUT2D eigenvalue weighted by Gasteiger charge is 2.14. The lowest BCUT2D eigenvalue weighted by Crippen LogP contribution is -2.38. The van der Waals surface area contributed by atoms with E-state index in [-0.39, 0.29) is 0 Å². The van der Waals surface area contributed by atoms with Crippen LogP contribution in [0, 0.1) is 0 Å². The molecule has 1 aliphatic rings. The summed E-state index contributed by atoms with van der Waals surface area (Å²) in [5.41, 5.74) is 0.928. The van der Waals surface area contributed by atoms with E-state index < -0.39 is 0 Å². The van der Waals surface area contributed by atoms with Crippen molar-refractivity contribution in [2.24, 2.45) is 0 Å². The first kappa shape index (κ1) is 14.1. The number of rotatable bonds is 2. The Morgan fingerprint density at radius 2 is 1.71 bits per heavy atom. The molecule has 2 aromatic carbocycles. The van der Waals surface area contributed by atoms with Gasteiger partial charge in [0.2, 0.25) is 0 Å². The molecule has 0 bridgehead atoms. The van der Waals surface area contributed by atoms with Crippen molar-refractivity contribution in [2.75, 3.05) is 5.32 Å². The van der Waals surface area contributed by atoms with Crippen LogP contribution in [0.25, 0.3) is 10.8 Å². The normalized spacial score (nSPS) is 15.8. The lowest BCUT2D eigenvalue weighted by Gasteiger charge is -2.24. The average molecular weight is 300 g/mol. The van der Waals surface area contributed by atoms with E-state index in [0.29, 0.717) is 16.9 Å². The molecule has 0 aromatic heterocycles. The Morgan fingerprint density at radius 1 is 1.00 bits per heavy atom. The van der Waals surface area contributed by atoms with Crippen molar-refractivity contribution in [1.82, 2.24) is 5.32 Å². The highest BCUT2D eigenvalue weighted by Crippen LogP contribution is 2.29. The van der Waals surface area contributed by atoms with Crippen LogP contribution in [-0.4, -0.2) is 16.3 Å². The van der Waals surface area contributed by atoms with Gasteiger partial charge in [0.05, 0.1) is 0 Å². The van der Waals surface area contributed by atoms with E-state index in [1.165, 1.54) is 32.1 Å². The zero-order chi connectivity index (χ0) is 14.7. The number of phenolic OH excluding ortho intramolecular Hbond substituents is 1. The van der Waals surface area contributed by atoms with Gasteiger partial charge in [0.15, 0.2) is 5.11 Å². The van der Waals surface area contributed by atoms with Gasteiger partial charge in [-0.15, -0.1) is 0 Å². The second-order valence-corrected chi connectivity index (χ2v) is 6.02. The van der Waals surface area contributed by atoms with Crippen molar-refractivity contribution in [3.8, 4) is 5.75 Å². The van der Waals surface area contributed by atoms with E-state index in [9.17, 15) is 5.11 Å². The molecule has 0 spiro atoms. The van der Waals surface area contributed by atoms with Crippen LogP contribution in [0.2, 0.25) is 0 Å². The van der Waals surface area contributed by atoms with E-state index in [4.69, 9.17) is 12.2 Å². The Bertz CT molecular complexity index is 650. The third-order valence-corrected chi connectivity index (χ3v) is 4.31. The van der Waals surface area contributed by atoms with Gasteiger partial charge < -0.3 is 15.7 Å². The fourth-order valence-electron chi connectivity index (χ4n) is 2.99. The van der Waals surface area contributed by atoms with Gasteiger partial charge >= 0.3 is 0 Å². The molecule has 0 heterocycles. The smallest absolute Gasteiger partial charge is 0.171 e. The monoisotopic (exact) mass is 300 g/mol. The fourth-order valence-corrected chi connectivity index (χ4v) is 3.27. The summed E-state index contributed by atoms with van der Waals surface area (Å²) in [4.78, 5) is 0. The van der Waals surface area contributed by atoms with Gasteiger partial charge in [-0.1, -0.05) is 43.5 Å². The van der Waals surface area contributed by atoms with Crippen molar-refractivity contribution < 1.29 is 5.11 Å². The minimum absolute atomic E-state index is 0.294. The van der Waals surface area contributed by atoms with Crippen LogP contribution < -0.4 is 10.6 Å². The summed E-state index contributed by atoms with van der Waals surface area (Å²) in [6.45, 7) is 0. The number of aromatic hydroxyl groups is 1. The molecule has 0 atom stereocenters.